The molecule has 3 aromatic carbocycles. The number of aldehydes is 1. The molecule has 3 spiro atoms. The second kappa shape index (κ2) is 20.1. The number of hydrogen-bond acceptors (Lipinski definition) is 10. The molecule has 9 fully saturated rings. The highest BCUT2D eigenvalue weighted by Gasteiger charge is 2.88. The third-order valence-corrected chi connectivity index (χ3v) is 28.6. The molecule has 458 valence electrons. The van der Waals surface area contributed by atoms with Crippen LogP contribution in [0.25, 0.3) is 0 Å². The molecule has 0 radical (unpaired) electrons. The monoisotopic (exact) mass is 1170 g/mol. The molecule has 2 aliphatic heterocycles. The Morgan fingerprint density at radius 1 is 0.770 bits per heavy atom. The molecule has 9 saturated carbocycles. The number of fused-ring (bicyclic) bond motifs is 5. The molecule has 23 unspecified atom stereocenters. The van der Waals surface area contributed by atoms with E-state index in [4.69, 9.17) is 9.47 Å². The van der Waals surface area contributed by atoms with Crippen LogP contribution in [0.4, 0.5) is 0 Å². The predicted molar refractivity (Wildman–Crippen MR) is 330 cm³/mol. The minimum Gasteiger partial charge on any atom is -0.497 e. The Kier molecular flexibility index (Phi) is 13.0. The molecular weight excluding hydrogens is 1080 g/mol. The summed E-state index contributed by atoms with van der Waals surface area (Å²) in [5.41, 5.74) is -1.16. The minimum absolute atomic E-state index is 0.0733. The number of rotatable bonds is 4. The van der Waals surface area contributed by atoms with Crippen molar-refractivity contribution in [1.29, 1.82) is 0 Å². The van der Waals surface area contributed by atoms with Gasteiger partial charge in [-0.05, 0) is 233 Å². The van der Waals surface area contributed by atoms with Crippen molar-refractivity contribution in [3.8, 4) is 11.8 Å². The first-order chi connectivity index (χ1) is 42.2. The lowest BCUT2D eigenvalue weighted by atomic mass is 9.32. The van der Waals surface area contributed by atoms with Gasteiger partial charge in [0.1, 0.15) is 29.7 Å². The second-order valence-corrected chi connectivity index (χ2v) is 31.9. The molecular formula is C77H91NO9. The fourth-order valence-electron chi connectivity index (χ4n) is 25.6. The van der Waals surface area contributed by atoms with Crippen molar-refractivity contribution in [3.63, 3.8) is 0 Å². The lowest BCUT2D eigenvalue weighted by Crippen LogP contribution is -2.86. The summed E-state index contributed by atoms with van der Waals surface area (Å²) in [6, 6.07) is 24.2. The Morgan fingerprint density at radius 2 is 1.57 bits per heavy atom. The van der Waals surface area contributed by atoms with Gasteiger partial charge in [0.05, 0.1) is 30.0 Å². The van der Waals surface area contributed by atoms with E-state index in [1.54, 1.807) is 6.08 Å². The van der Waals surface area contributed by atoms with Gasteiger partial charge in [0.25, 0.3) is 0 Å². The molecule has 23 atom stereocenters. The van der Waals surface area contributed by atoms with Crippen molar-refractivity contribution < 1.29 is 44.6 Å². The Balaban J connectivity index is 0.905. The molecule has 3 aromatic rings. The quantitative estimate of drug-likeness (QED) is 0.0641. The number of ether oxygens (including phenoxy) is 2. The van der Waals surface area contributed by atoms with E-state index in [0.717, 1.165) is 106 Å². The summed E-state index contributed by atoms with van der Waals surface area (Å²) in [7, 11) is 1.97. The first kappa shape index (κ1) is 56.1. The number of allylic oxidation sites excluding steroid dienone is 3. The second-order valence-electron chi connectivity index (χ2n) is 31.9. The van der Waals surface area contributed by atoms with Gasteiger partial charge in [-0.1, -0.05) is 110 Å². The maximum absolute atomic E-state index is 15.9. The van der Waals surface area contributed by atoms with E-state index >= 15 is 20.1 Å². The molecule has 6 N–H and O–H groups in total. The number of aliphatic hydroxyl groups is 5. The van der Waals surface area contributed by atoms with Gasteiger partial charge in [0, 0.05) is 57.6 Å². The van der Waals surface area contributed by atoms with Gasteiger partial charge in [-0.2, -0.15) is 0 Å². The number of aryl methyl sites for hydroxylation is 1. The van der Waals surface area contributed by atoms with Crippen molar-refractivity contribution in [2.24, 2.45) is 98.6 Å². The number of likely N-dealkylation sites (N-methyl/N-ethyl adjacent to an activating group) is 1. The van der Waals surface area contributed by atoms with Gasteiger partial charge >= 0.3 is 5.97 Å². The van der Waals surface area contributed by atoms with E-state index < -0.39 is 80.4 Å². The predicted octanol–water partition coefficient (Wildman–Crippen LogP) is 10.6. The molecule has 10 heteroatoms. The number of carbonyl (C=O) groups excluding carboxylic acids is 2. The Morgan fingerprint density at radius 3 is 2.39 bits per heavy atom. The SMILES string of the molecule is CNC1Cc2c(cccc2CO)C#CC23CCC(Cc4cccc(c4)Cc4cccc(c4)CCC4CC5C=COC6C7CC8C=CCC(C9CCCC9)C8CC8C(O)C9(O)C(CCC%10(C2)C2C%11=CC(=O)OC%11C1CC2CC%109O)C(C=O)(CC56C4)C78O)C3. The van der Waals surface area contributed by atoms with E-state index in [-0.39, 0.29) is 60.5 Å². The van der Waals surface area contributed by atoms with Crippen molar-refractivity contribution in [2.45, 2.75) is 195 Å². The first-order valence-corrected chi connectivity index (χ1v) is 34.5. The maximum Gasteiger partial charge on any atom is 0.331 e. The average molecular weight is 1170 g/mol. The third-order valence-electron chi connectivity index (χ3n) is 28.6. The standard InChI is InChI=1S/C77H91NO9/c1-78-64-36-58-52(14-6-16-54(58)41-79)21-25-71-24-20-50(38-71)31-48-11-5-10-47(30-48)29-46-9-4-8-45(28-46)18-19-49-32-56-23-27-86-70-63-34-53-15-7-17-57(51-12-2-3-13-51)59(53)35-62-69(82)77(85)65(74(44-80,76(62,63)84)43-72(56,70)39-49)22-26-73(42-71)67-55(40-75(73,77)83)33-60(64)68-61(67)37-66(81)87-68/h4-11,14-16,23,27-28,30,37,44,49-51,53,55-57,59-60,62-65,67-70,78-79,82-85H,2-3,12-13,17-20,22,24,26,29,31-36,38-43H2,1H3. The molecule has 19 rings (SSSR count). The topological polar surface area (TPSA) is 166 Å². The Hall–Kier alpha value is -4.86. The summed E-state index contributed by atoms with van der Waals surface area (Å²) in [5, 5.41) is 75.6. The highest BCUT2D eigenvalue weighted by atomic mass is 16.5. The first-order valence-electron chi connectivity index (χ1n) is 34.5. The largest absolute Gasteiger partial charge is 0.497 e. The van der Waals surface area contributed by atoms with Crippen molar-refractivity contribution in [1.82, 2.24) is 5.32 Å². The van der Waals surface area contributed by atoms with Gasteiger partial charge in [-0.25, -0.2) is 4.79 Å². The number of benzene rings is 3. The van der Waals surface area contributed by atoms with Crippen LogP contribution < -0.4 is 5.32 Å². The van der Waals surface area contributed by atoms with Crippen LogP contribution in [-0.2, 0) is 51.4 Å². The van der Waals surface area contributed by atoms with Gasteiger partial charge < -0.3 is 45.1 Å². The summed E-state index contributed by atoms with van der Waals surface area (Å²) in [5.74, 6) is 5.88. The normalized spacial score (nSPS) is 47.7. The Labute approximate surface area is 514 Å². The number of hydrogen-bond donors (Lipinski definition) is 6. The highest BCUT2D eigenvalue weighted by Crippen LogP contribution is 2.81. The van der Waals surface area contributed by atoms with Crippen LogP contribution in [0.3, 0.4) is 0 Å². The van der Waals surface area contributed by atoms with Crippen LogP contribution in [0.15, 0.2) is 103 Å². The van der Waals surface area contributed by atoms with E-state index in [9.17, 15) is 15.0 Å². The minimum atomic E-state index is -2.26. The fraction of sp³-hybridized carbons (Fsp3) is 0.636. The third kappa shape index (κ3) is 7.75. The molecule has 14 aliphatic carbocycles. The van der Waals surface area contributed by atoms with Crippen LogP contribution in [0.2, 0.25) is 0 Å². The van der Waals surface area contributed by atoms with Crippen LogP contribution in [0.1, 0.15) is 161 Å². The number of carbonyl (C=O) groups is 2. The van der Waals surface area contributed by atoms with Gasteiger partial charge in [-0.3, -0.25) is 0 Å². The summed E-state index contributed by atoms with van der Waals surface area (Å²) in [6.07, 6.45) is 26.6. The van der Waals surface area contributed by atoms with Crippen molar-refractivity contribution in [2.75, 3.05) is 7.05 Å². The van der Waals surface area contributed by atoms with Crippen molar-refractivity contribution in [3.05, 3.63) is 142 Å². The molecule has 0 saturated heterocycles. The molecule has 87 heavy (non-hydrogen) atoms. The number of nitrogens with one attached hydrogen (secondary N) is 1. The van der Waals surface area contributed by atoms with Crippen LogP contribution in [0, 0.1) is 110 Å². The highest BCUT2D eigenvalue weighted by molar-refractivity contribution is 5.86. The molecule has 0 aromatic heterocycles. The van der Waals surface area contributed by atoms with Gasteiger partial charge in [0.15, 0.2) is 0 Å². The van der Waals surface area contributed by atoms with Gasteiger partial charge in [0.2, 0.25) is 0 Å². The van der Waals surface area contributed by atoms with Crippen LogP contribution >= 0.6 is 0 Å². The maximum atomic E-state index is 15.9. The Bertz CT molecular complexity index is 3460. The van der Waals surface area contributed by atoms with Crippen LogP contribution in [0.5, 0.6) is 0 Å². The molecule has 2 heterocycles. The summed E-state index contributed by atoms with van der Waals surface area (Å²) in [4.78, 5) is 30.2. The number of aliphatic hydroxyl groups excluding tert-OH is 2. The molecule has 15 bridgehead atoms. The zero-order valence-electron chi connectivity index (χ0n) is 51.0. The van der Waals surface area contributed by atoms with Gasteiger partial charge in [-0.15, -0.1) is 0 Å². The molecule has 16 aliphatic rings. The van der Waals surface area contributed by atoms with E-state index in [1.807, 2.05) is 25.4 Å². The van der Waals surface area contributed by atoms with Crippen molar-refractivity contribution >= 4 is 12.3 Å². The lowest BCUT2D eigenvalue weighted by Gasteiger charge is -2.75. The number of esters is 1. The molecule has 10 nitrogen and oxygen atoms in total. The van der Waals surface area contributed by atoms with E-state index in [1.165, 1.54) is 35.1 Å². The summed E-state index contributed by atoms with van der Waals surface area (Å²) >= 11 is 0. The van der Waals surface area contributed by atoms with Crippen LogP contribution in [-0.4, -0.2) is 86.0 Å². The zero-order chi connectivity index (χ0) is 59.0. The van der Waals surface area contributed by atoms with E-state index in [2.05, 4.69) is 90.0 Å². The fourth-order valence-corrected chi connectivity index (χ4v) is 25.6. The molecule has 0 amide bonds. The summed E-state index contributed by atoms with van der Waals surface area (Å²) < 4.78 is 13.8. The average Bonchev–Trinajstić information content (AvgIpc) is 1.63. The smallest absolute Gasteiger partial charge is 0.331 e. The lowest BCUT2D eigenvalue weighted by molar-refractivity contribution is -0.386. The van der Waals surface area contributed by atoms with E-state index in [0.29, 0.717) is 69.1 Å². The summed E-state index contributed by atoms with van der Waals surface area (Å²) in [6.45, 7) is -0.138. The zero-order valence-corrected chi connectivity index (χ0v) is 51.0.